The van der Waals surface area contributed by atoms with Crippen LogP contribution in [0, 0.1) is 0 Å². The number of rotatable bonds is 7. The van der Waals surface area contributed by atoms with Crippen LogP contribution in [0.5, 0.6) is 0 Å². The van der Waals surface area contributed by atoms with Gasteiger partial charge in [0.25, 0.3) is 0 Å². The third kappa shape index (κ3) is 5.23. The lowest BCUT2D eigenvalue weighted by molar-refractivity contribution is 0.333. The van der Waals surface area contributed by atoms with E-state index in [0.29, 0.717) is 6.61 Å². The standard InChI is InChI=1S/C12H17BrO2S/c1-2-3-4-5-10-15-16(14)12-8-6-11(13)7-9-12/h6-9H,2-5,10H2,1H3. The Labute approximate surface area is 108 Å². The lowest BCUT2D eigenvalue weighted by Gasteiger charge is -2.03. The molecule has 0 aromatic heterocycles. The molecule has 90 valence electrons. The molecule has 0 bridgehead atoms. The van der Waals surface area contributed by atoms with Crippen molar-refractivity contribution >= 4 is 27.0 Å². The highest BCUT2D eigenvalue weighted by molar-refractivity contribution is 9.10. The molecule has 1 aromatic carbocycles. The van der Waals surface area contributed by atoms with Crippen molar-refractivity contribution in [2.75, 3.05) is 6.61 Å². The highest BCUT2D eigenvalue weighted by Gasteiger charge is 2.03. The van der Waals surface area contributed by atoms with E-state index in [4.69, 9.17) is 4.18 Å². The van der Waals surface area contributed by atoms with Crippen molar-refractivity contribution in [1.82, 2.24) is 0 Å². The molecule has 1 rings (SSSR count). The van der Waals surface area contributed by atoms with Crippen molar-refractivity contribution in [3.05, 3.63) is 28.7 Å². The van der Waals surface area contributed by atoms with Gasteiger partial charge in [0.15, 0.2) is 11.1 Å². The molecule has 0 N–H and O–H groups in total. The molecule has 1 aromatic rings. The zero-order chi connectivity index (χ0) is 11.8. The molecule has 0 saturated heterocycles. The number of unbranched alkanes of at least 4 members (excludes halogenated alkanes) is 3. The second-order valence-corrected chi connectivity index (χ2v) is 5.66. The van der Waals surface area contributed by atoms with Gasteiger partial charge in [-0.05, 0) is 30.7 Å². The minimum Gasteiger partial charge on any atom is -0.287 e. The van der Waals surface area contributed by atoms with E-state index in [1.54, 1.807) is 0 Å². The van der Waals surface area contributed by atoms with Crippen LogP contribution in [-0.2, 0) is 15.3 Å². The molecule has 0 radical (unpaired) electrons. The van der Waals surface area contributed by atoms with Crippen LogP contribution in [0.3, 0.4) is 0 Å². The van der Waals surface area contributed by atoms with Gasteiger partial charge >= 0.3 is 0 Å². The maximum absolute atomic E-state index is 11.7. The minimum absolute atomic E-state index is 0.572. The van der Waals surface area contributed by atoms with Crippen molar-refractivity contribution in [1.29, 1.82) is 0 Å². The van der Waals surface area contributed by atoms with Crippen molar-refractivity contribution in [2.45, 2.75) is 37.5 Å². The molecule has 1 unspecified atom stereocenters. The number of halogens is 1. The molecule has 16 heavy (non-hydrogen) atoms. The summed E-state index contributed by atoms with van der Waals surface area (Å²) in [5, 5.41) is 0. The summed E-state index contributed by atoms with van der Waals surface area (Å²) in [5.41, 5.74) is 0. The van der Waals surface area contributed by atoms with E-state index in [-0.39, 0.29) is 0 Å². The zero-order valence-electron chi connectivity index (χ0n) is 9.45. The quantitative estimate of drug-likeness (QED) is 0.710. The largest absolute Gasteiger partial charge is 0.287 e. The molecule has 1 atom stereocenters. The second kappa shape index (κ2) is 7.98. The first-order chi connectivity index (χ1) is 7.74. The molecule has 0 spiro atoms. The van der Waals surface area contributed by atoms with Gasteiger partial charge < -0.3 is 0 Å². The van der Waals surface area contributed by atoms with Crippen LogP contribution in [0.25, 0.3) is 0 Å². The van der Waals surface area contributed by atoms with Crippen LogP contribution in [0.2, 0.25) is 0 Å². The highest BCUT2D eigenvalue weighted by atomic mass is 79.9. The first-order valence-corrected chi connectivity index (χ1v) is 7.41. The maximum atomic E-state index is 11.7. The monoisotopic (exact) mass is 304 g/mol. The molecule has 0 aliphatic rings. The van der Waals surface area contributed by atoms with Gasteiger partial charge in [0, 0.05) is 4.47 Å². The van der Waals surface area contributed by atoms with E-state index in [9.17, 15) is 4.21 Å². The molecule has 0 aliphatic heterocycles. The fraction of sp³-hybridized carbons (Fsp3) is 0.500. The molecule has 2 nitrogen and oxygen atoms in total. The summed E-state index contributed by atoms with van der Waals surface area (Å²) in [6.07, 6.45) is 4.55. The van der Waals surface area contributed by atoms with Gasteiger partial charge in [-0.3, -0.25) is 4.18 Å². The van der Waals surface area contributed by atoms with Crippen LogP contribution < -0.4 is 0 Å². The molecule has 0 heterocycles. The Kier molecular flexibility index (Phi) is 6.92. The van der Waals surface area contributed by atoms with E-state index >= 15 is 0 Å². The topological polar surface area (TPSA) is 26.3 Å². The summed E-state index contributed by atoms with van der Waals surface area (Å²) in [5.74, 6) is 0. The van der Waals surface area contributed by atoms with Gasteiger partial charge in [0.2, 0.25) is 0 Å². The minimum atomic E-state index is -1.32. The third-order valence-corrected chi connectivity index (χ3v) is 3.76. The normalized spacial score (nSPS) is 12.6. The van der Waals surface area contributed by atoms with Gasteiger partial charge in [-0.2, -0.15) is 0 Å². The predicted molar refractivity (Wildman–Crippen MR) is 70.6 cm³/mol. The van der Waals surface area contributed by atoms with Crippen molar-refractivity contribution in [2.24, 2.45) is 0 Å². The fourth-order valence-electron chi connectivity index (χ4n) is 1.28. The smallest absolute Gasteiger partial charge is 0.189 e. The first-order valence-electron chi connectivity index (χ1n) is 5.54. The Bertz CT molecular complexity index is 324. The Morgan fingerprint density at radius 3 is 2.50 bits per heavy atom. The summed E-state index contributed by atoms with van der Waals surface area (Å²) in [6.45, 7) is 2.74. The average molecular weight is 305 g/mol. The van der Waals surface area contributed by atoms with Crippen LogP contribution in [0.1, 0.15) is 32.6 Å². The second-order valence-electron chi connectivity index (χ2n) is 3.57. The van der Waals surface area contributed by atoms with Gasteiger partial charge in [-0.1, -0.05) is 42.1 Å². The first kappa shape index (κ1) is 13.9. The SMILES string of the molecule is CCCCCCOS(=O)c1ccc(Br)cc1. The van der Waals surface area contributed by atoms with Crippen molar-refractivity contribution < 1.29 is 8.39 Å². The summed E-state index contributed by atoms with van der Waals surface area (Å²) in [4.78, 5) is 0.721. The zero-order valence-corrected chi connectivity index (χ0v) is 11.9. The maximum Gasteiger partial charge on any atom is 0.189 e. The molecule has 4 heteroatoms. The van der Waals surface area contributed by atoms with E-state index < -0.39 is 11.1 Å². The Balaban J connectivity index is 2.27. The lowest BCUT2D eigenvalue weighted by atomic mass is 10.2. The molecule has 0 saturated carbocycles. The molecular formula is C12H17BrO2S. The molecular weight excluding hydrogens is 288 g/mol. The van der Waals surface area contributed by atoms with Crippen molar-refractivity contribution in [3.63, 3.8) is 0 Å². The highest BCUT2D eigenvalue weighted by Crippen LogP contribution is 2.14. The van der Waals surface area contributed by atoms with Crippen molar-refractivity contribution in [3.8, 4) is 0 Å². The van der Waals surface area contributed by atoms with Gasteiger partial charge in [-0.25, -0.2) is 4.21 Å². The Hall–Kier alpha value is -0.190. The number of benzene rings is 1. The summed E-state index contributed by atoms with van der Waals surface area (Å²) in [7, 11) is 0. The summed E-state index contributed by atoms with van der Waals surface area (Å²) < 4.78 is 17.9. The fourth-order valence-corrected chi connectivity index (χ4v) is 2.31. The van der Waals surface area contributed by atoms with Crippen LogP contribution in [-0.4, -0.2) is 10.8 Å². The van der Waals surface area contributed by atoms with E-state index in [2.05, 4.69) is 22.9 Å². The Morgan fingerprint density at radius 1 is 1.19 bits per heavy atom. The van der Waals surface area contributed by atoms with E-state index in [1.165, 1.54) is 12.8 Å². The third-order valence-electron chi connectivity index (χ3n) is 2.19. The van der Waals surface area contributed by atoms with Crippen LogP contribution >= 0.6 is 15.9 Å². The van der Waals surface area contributed by atoms with Gasteiger partial charge in [-0.15, -0.1) is 0 Å². The van der Waals surface area contributed by atoms with Crippen LogP contribution in [0.4, 0.5) is 0 Å². The summed E-state index contributed by atoms with van der Waals surface area (Å²) in [6, 6.07) is 7.36. The molecule has 0 fully saturated rings. The van der Waals surface area contributed by atoms with Gasteiger partial charge in [0.05, 0.1) is 11.5 Å². The van der Waals surface area contributed by atoms with E-state index in [1.807, 2.05) is 24.3 Å². The van der Waals surface area contributed by atoms with Gasteiger partial charge in [0.1, 0.15) is 0 Å². The van der Waals surface area contributed by atoms with E-state index in [0.717, 1.165) is 22.2 Å². The molecule has 0 aliphatic carbocycles. The molecule has 0 amide bonds. The Morgan fingerprint density at radius 2 is 1.88 bits per heavy atom. The average Bonchev–Trinajstić information content (AvgIpc) is 2.29. The number of hydrogen-bond acceptors (Lipinski definition) is 2. The summed E-state index contributed by atoms with van der Waals surface area (Å²) >= 11 is 2.02. The lowest BCUT2D eigenvalue weighted by Crippen LogP contribution is -1.99. The van der Waals surface area contributed by atoms with Crippen LogP contribution in [0.15, 0.2) is 33.6 Å². The predicted octanol–water partition coefficient (Wildman–Crippen LogP) is 4.07. The number of hydrogen-bond donors (Lipinski definition) is 0.